The van der Waals surface area contributed by atoms with Gasteiger partial charge in [0.1, 0.15) is 6.10 Å². The van der Waals surface area contributed by atoms with E-state index in [2.05, 4.69) is 0 Å². The fourth-order valence-electron chi connectivity index (χ4n) is 0. The maximum atomic E-state index is 9.45. The molecule has 1 atom stereocenters. The molecule has 0 aromatic heterocycles. The third-order valence-electron chi connectivity index (χ3n) is 0.357. The lowest BCUT2D eigenvalue weighted by atomic mass is 10.4. The molecule has 0 fully saturated rings. The minimum Gasteiger partial charge on any atom is -0.479 e. The number of carbonyl (C=O) groups is 1. The second-order valence-corrected chi connectivity index (χ2v) is 1.11. The highest BCUT2D eigenvalue weighted by Gasteiger charge is 2.01. The van der Waals surface area contributed by atoms with Crippen LogP contribution in [0, 0.1) is 0 Å². The van der Waals surface area contributed by atoms with Gasteiger partial charge in [-0.15, -0.1) is 0 Å². The van der Waals surface area contributed by atoms with E-state index in [9.17, 15) is 4.79 Å². The molecular formula is C3H9NO5. The van der Waals surface area contributed by atoms with Gasteiger partial charge in [0.05, 0.1) is 0 Å². The Bertz CT molecular complexity index is 72.6. The molecule has 6 nitrogen and oxygen atoms in total. The number of hydrogen-bond acceptors (Lipinski definition) is 5. The van der Waals surface area contributed by atoms with Crippen LogP contribution in [0.4, 0.5) is 0 Å². The first-order valence-corrected chi connectivity index (χ1v) is 2.00. The van der Waals surface area contributed by atoms with Crippen molar-refractivity contribution in [2.24, 2.45) is 0 Å². The van der Waals surface area contributed by atoms with Crippen LogP contribution in [0.2, 0.25) is 0 Å². The normalized spacial score (nSPS) is 11.1. The van der Waals surface area contributed by atoms with Crippen molar-refractivity contribution >= 4 is 5.97 Å². The van der Waals surface area contributed by atoms with Crippen LogP contribution in [0.1, 0.15) is 6.92 Å². The van der Waals surface area contributed by atoms with Crippen molar-refractivity contribution in [3.05, 3.63) is 0 Å². The van der Waals surface area contributed by atoms with Gasteiger partial charge in [-0.2, -0.15) is 0 Å². The number of aliphatic hydroxyl groups excluding tert-OH is 1. The Morgan fingerprint density at radius 1 is 1.56 bits per heavy atom. The molecule has 0 saturated carbocycles. The lowest BCUT2D eigenvalue weighted by Gasteiger charge is -1.89. The van der Waals surface area contributed by atoms with Crippen LogP contribution in [-0.2, 0) is 4.79 Å². The van der Waals surface area contributed by atoms with Gasteiger partial charge in [0.25, 0.3) is 0 Å². The summed E-state index contributed by atoms with van der Waals surface area (Å²) in [5, 5.41) is 29.5. The first kappa shape index (κ1) is 11.2. The molecule has 0 bridgehead atoms. The minimum atomic E-state index is -1.23. The highest BCUT2D eigenvalue weighted by atomic mass is 16.7. The number of carboxylic acids is 1. The minimum absolute atomic E-state index is 0.750. The Morgan fingerprint density at radius 2 is 1.67 bits per heavy atom. The quantitative estimate of drug-likeness (QED) is 0.292. The predicted octanol–water partition coefficient (Wildman–Crippen LogP) is -1.19. The molecule has 0 saturated heterocycles. The zero-order valence-corrected chi connectivity index (χ0v) is 4.77. The average Bonchev–Trinajstić information content (AvgIpc) is 1.68. The van der Waals surface area contributed by atoms with Crippen molar-refractivity contribution in [1.82, 2.24) is 5.64 Å². The lowest BCUT2D eigenvalue weighted by molar-refractivity contribution is -0.145. The van der Waals surface area contributed by atoms with Crippen molar-refractivity contribution in [1.29, 1.82) is 0 Å². The van der Waals surface area contributed by atoms with Gasteiger partial charge in [0.2, 0.25) is 0 Å². The molecular weight excluding hydrogens is 130 g/mol. The summed E-state index contributed by atoms with van der Waals surface area (Å²) in [6.45, 7) is 1.20. The average molecular weight is 139 g/mol. The summed E-state index contributed by atoms with van der Waals surface area (Å²) in [6, 6.07) is 0. The Labute approximate surface area is 51.3 Å². The Morgan fingerprint density at radius 3 is 1.67 bits per heavy atom. The molecule has 0 rings (SSSR count). The van der Waals surface area contributed by atoms with Crippen LogP contribution < -0.4 is 5.64 Å². The summed E-state index contributed by atoms with van der Waals surface area (Å²) in [5.41, 5.74) is 0.750. The van der Waals surface area contributed by atoms with Crippen molar-refractivity contribution in [2.75, 3.05) is 0 Å². The lowest BCUT2D eigenvalue weighted by Crippen LogP contribution is -2.13. The number of nitrogens with one attached hydrogen (secondary N) is 1. The molecule has 0 heterocycles. The van der Waals surface area contributed by atoms with Gasteiger partial charge in [-0.25, -0.2) is 4.79 Å². The van der Waals surface area contributed by atoms with E-state index in [1.54, 1.807) is 0 Å². The molecule has 0 aliphatic carbocycles. The zero-order chi connectivity index (χ0) is 7.86. The summed E-state index contributed by atoms with van der Waals surface area (Å²) >= 11 is 0. The Balaban J connectivity index is 0. The molecule has 0 radical (unpaired) electrons. The fraction of sp³-hybridized carbons (Fsp3) is 0.667. The van der Waals surface area contributed by atoms with Gasteiger partial charge in [0.15, 0.2) is 0 Å². The Kier molecular flexibility index (Phi) is 9.06. The zero-order valence-electron chi connectivity index (χ0n) is 4.77. The fourth-order valence-corrected chi connectivity index (χ4v) is 0. The van der Waals surface area contributed by atoms with Crippen LogP contribution in [0.3, 0.4) is 0 Å². The number of rotatable bonds is 1. The molecule has 5 N–H and O–H groups in total. The van der Waals surface area contributed by atoms with E-state index in [1.165, 1.54) is 6.92 Å². The molecule has 0 aliphatic rings. The van der Waals surface area contributed by atoms with Crippen molar-refractivity contribution < 1.29 is 25.4 Å². The molecule has 0 aromatic rings. The highest BCUT2D eigenvalue weighted by molar-refractivity contribution is 5.71. The van der Waals surface area contributed by atoms with E-state index >= 15 is 0 Å². The molecule has 0 aliphatic heterocycles. The maximum Gasteiger partial charge on any atom is 0.332 e. The van der Waals surface area contributed by atoms with Gasteiger partial charge >= 0.3 is 5.97 Å². The van der Waals surface area contributed by atoms with Crippen molar-refractivity contribution in [3.8, 4) is 0 Å². The summed E-state index contributed by atoms with van der Waals surface area (Å²) < 4.78 is 0. The standard InChI is InChI=1S/C3H6O3.H3NO2/c1-2(4)3(5)6;2-1-3/h2,4H,1H3,(H,5,6);1-3H. The van der Waals surface area contributed by atoms with Crippen LogP contribution >= 0.6 is 0 Å². The number of carboxylic acid groups (broad SMARTS) is 1. The predicted molar refractivity (Wildman–Crippen MR) is 26.0 cm³/mol. The summed E-state index contributed by atoms with van der Waals surface area (Å²) in [5.74, 6) is -1.19. The van der Waals surface area contributed by atoms with E-state index in [0.717, 1.165) is 5.64 Å². The first-order chi connectivity index (χ1) is 4.06. The van der Waals surface area contributed by atoms with Crippen LogP contribution in [0.15, 0.2) is 0 Å². The third-order valence-corrected chi connectivity index (χ3v) is 0.357. The molecule has 6 heteroatoms. The number of aliphatic hydroxyl groups is 1. The van der Waals surface area contributed by atoms with Crippen LogP contribution in [-0.4, -0.2) is 32.7 Å². The van der Waals surface area contributed by atoms with Gasteiger partial charge in [-0.3, -0.25) is 10.4 Å². The second kappa shape index (κ2) is 7.31. The first-order valence-electron chi connectivity index (χ1n) is 2.00. The molecule has 0 amide bonds. The van der Waals surface area contributed by atoms with Crippen LogP contribution in [0.25, 0.3) is 0 Å². The molecule has 56 valence electrons. The van der Waals surface area contributed by atoms with Crippen LogP contribution in [0.5, 0.6) is 0 Å². The molecule has 9 heavy (non-hydrogen) atoms. The van der Waals surface area contributed by atoms with E-state index in [-0.39, 0.29) is 0 Å². The van der Waals surface area contributed by atoms with E-state index in [0.29, 0.717) is 0 Å². The topological polar surface area (TPSA) is 110 Å². The summed E-state index contributed by atoms with van der Waals surface area (Å²) in [4.78, 5) is 9.45. The number of hydrogen-bond donors (Lipinski definition) is 5. The molecule has 0 aromatic carbocycles. The molecule has 0 spiro atoms. The smallest absolute Gasteiger partial charge is 0.332 e. The monoisotopic (exact) mass is 139 g/mol. The van der Waals surface area contributed by atoms with Gasteiger partial charge in [0, 0.05) is 0 Å². The summed E-state index contributed by atoms with van der Waals surface area (Å²) in [6.07, 6.45) is -1.23. The highest BCUT2D eigenvalue weighted by Crippen LogP contribution is 1.73. The molecule has 1 unspecified atom stereocenters. The third kappa shape index (κ3) is 18.8. The largest absolute Gasteiger partial charge is 0.479 e. The van der Waals surface area contributed by atoms with Gasteiger partial charge in [-0.05, 0) is 6.92 Å². The van der Waals surface area contributed by atoms with Crippen molar-refractivity contribution in [3.63, 3.8) is 0 Å². The van der Waals surface area contributed by atoms with Gasteiger partial charge in [-0.1, -0.05) is 5.64 Å². The second-order valence-electron chi connectivity index (χ2n) is 1.11. The number of aliphatic carboxylic acids is 1. The SMILES string of the molecule is CC(O)C(=O)O.ONO. The summed E-state index contributed by atoms with van der Waals surface area (Å²) in [7, 11) is 0. The van der Waals surface area contributed by atoms with E-state index < -0.39 is 12.1 Å². The van der Waals surface area contributed by atoms with E-state index in [4.69, 9.17) is 20.6 Å². The Hall–Kier alpha value is -0.690. The maximum absolute atomic E-state index is 9.45. The van der Waals surface area contributed by atoms with Crippen molar-refractivity contribution in [2.45, 2.75) is 13.0 Å². The van der Waals surface area contributed by atoms with Gasteiger partial charge < -0.3 is 10.2 Å². The van der Waals surface area contributed by atoms with E-state index in [1.807, 2.05) is 0 Å².